The number of likely N-dealkylation sites (N-methyl/N-ethyl adjacent to an activating group) is 1. The molecule has 2 atom stereocenters. The van der Waals surface area contributed by atoms with Crippen LogP contribution in [-0.2, 0) is 0 Å². The van der Waals surface area contributed by atoms with Gasteiger partial charge in [0.2, 0.25) is 0 Å². The lowest BCUT2D eigenvalue weighted by Crippen LogP contribution is -2.58. The van der Waals surface area contributed by atoms with Crippen LogP contribution in [0.3, 0.4) is 0 Å². The zero-order valence-corrected chi connectivity index (χ0v) is 12.6. The molecule has 0 radical (unpaired) electrons. The first kappa shape index (κ1) is 15.9. The molecule has 1 heterocycles. The van der Waals surface area contributed by atoms with E-state index >= 15 is 0 Å². The smallest absolute Gasteiger partial charge is 0.0614 e. The Bertz CT molecular complexity index is 233. The van der Waals surface area contributed by atoms with Crippen LogP contribution >= 0.6 is 0 Å². The van der Waals surface area contributed by atoms with Crippen molar-refractivity contribution in [2.75, 3.05) is 46.4 Å². The minimum atomic E-state index is -0.0565. The van der Waals surface area contributed by atoms with Crippen molar-refractivity contribution in [1.82, 2.24) is 15.1 Å². The fourth-order valence-electron chi connectivity index (χ4n) is 2.81. The Kier molecular flexibility index (Phi) is 6.57. The highest BCUT2D eigenvalue weighted by molar-refractivity contribution is 4.95. The molecule has 0 spiro atoms. The van der Waals surface area contributed by atoms with Crippen LogP contribution in [0.5, 0.6) is 0 Å². The van der Waals surface area contributed by atoms with E-state index in [1.807, 2.05) is 0 Å². The fraction of sp³-hybridized carbons (Fsp3) is 1.00. The topological polar surface area (TPSA) is 38.7 Å². The molecule has 1 rings (SSSR count). The maximum Gasteiger partial charge on any atom is 0.0614 e. The third-order valence-electron chi connectivity index (χ3n) is 4.51. The molecule has 108 valence electrons. The zero-order chi connectivity index (χ0) is 13.6. The van der Waals surface area contributed by atoms with Crippen LogP contribution in [0.4, 0.5) is 0 Å². The Morgan fingerprint density at radius 1 is 1.39 bits per heavy atom. The Balaban J connectivity index is 2.41. The Morgan fingerprint density at radius 3 is 2.56 bits per heavy atom. The van der Waals surface area contributed by atoms with Gasteiger partial charge in [-0.15, -0.1) is 0 Å². The van der Waals surface area contributed by atoms with E-state index in [-0.39, 0.29) is 12.1 Å². The molecular weight excluding hydrogens is 226 g/mol. The van der Waals surface area contributed by atoms with Crippen molar-refractivity contribution in [1.29, 1.82) is 0 Å². The summed E-state index contributed by atoms with van der Waals surface area (Å²) in [6.45, 7) is 12.2. The van der Waals surface area contributed by atoms with E-state index in [0.717, 1.165) is 45.6 Å². The van der Waals surface area contributed by atoms with Crippen LogP contribution < -0.4 is 5.32 Å². The summed E-state index contributed by atoms with van der Waals surface area (Å²) in [7, 11) is 2.17. The maximum atomic E-state index is 9.73. The normalized spacial score (nSPS) is 30.0. The van der Waals surface area contributed by atoms with Crippen LogP contribution in [0.15, 0.2) is 0 Å². The van der Waals surface area contributed by atoms with Crippen molar-refractivity contribution in [3.8, 4) is 0 Å². The number of likely N-dealkylation sites (tertiary alicyclic amines) is 1. The van der Waals surface area contributed by atoms with E-state index in [2.05, 4.69) is 42.9 Å². The second-order valence-electron chi connectivity index (χ2n) is 5.68. The van der Waals surface area contributed by atoms with E-state index in [1.54, 1.807) is 0 Å². The number of piperidine rings is 1. The molecule has 2 unspecified atom stereocenters. The van der Waals surface area contributed by atoms with Gasteiger partial charge in [-0.25, -0.2) is 0 Å². The van der Waals surface area contributed by atoms with Gasteiger partial charge >= 0.3 is 0 Å². The minimum Gasteiger partial charge on any atom is -0.394 e. The Morgan fingerprint density at radius 2 is 2.06 bits per heavy atom. The van der Waals surface area contributed by atoms with Gasteiger partial charge in [0.15, 0.2) is 0 Å². The molecule has 0 aromatic carbocycles. The molecule has 1 saturated heterocycles. The van der Waals surface area contributed by atoms with Crippen LogP contribution in [0.2, 0.25) is 0 Å². The minimum absolute atomic E-state index is 0.0565. The van der Waals surface area contributed by atoms with Crippen LogP contribution in [-0.4, -0.2) is 72.9 Å². The molecule has 0 aliphatic carbocycles. The van der Waals surface area contributed by atoms with Crippen molar-refractivity contribution in [3.05, 3.63) is 0 Å². The molecule has 0 aromatic rings. The molecule has 1 aliphatic heterocycles. The first-order valence-electron chi connectivity index (χ1n) is 7.35. The van der Waals surface area contributed by atoms with Crippen LogP contribution in [0.1, 0.15) is 33.6 Å². The lowest BCUT2D eigenvalue weighted by molar-refractivity contribution is 0.0576. The molecule has 0 bridgehead atoms. The molecule has 18 heavy (non-hydrogen) atoms. The lowest BCUT2D eigenvalue weighted by Gasteiger charge is -2.44. The maximum absolute atomic E-state index is 9.73. The van der Waals surface area contributed by atoms with Crippen LogP contribution in [0, 0.1) is 0 Å². The first-order valence-corrected chi connectivity index (χ1v) is 7.35. The van der Waals surface area contributed by atoms with Gasteiger partial charge in [-0.1, -0.05) is 13.8 Å². The number of nitrogens with zero attached hydrogens (tertiary/aromatic N) is 2. The second-order valence-corrected chi connectivity index (χ2v) is 5.68. The van der Waals surface area contributed by atoms with Gasteiger partial charge < -0.3 is 20.2 Å². The number of hydrogen-bond donors (Lipinski definition) is 2. The molecule has 0 aromatic heterocycles. The second kappa shape index (κ2) is 7.43. The quantitative estimate of drug-likeness (QED) is 0.706. The molecule has 4 heteroatoms. The standard InChI is InChI=1S/C14H31N3O/c1-5-17(6-2)10-8-15-14(12-18)7-9-16(4)13(3)11-14/h13,15,18H,5-12H2,1-4H3. The third-order valence-corrected chi connectivity index (χ3v) is 4.51. The summed E-state index contributed by atoms with van der Waals surface area (Å²) in [5.41, 5.74) is -0.0565. The molecule has 0 saturated carbocycles. The van der Waals surface area contributed by atoms with Crippen molar-refractivity contribution < 1.29 is 5.11 Å². The molecule has 1 fully saturated rings. The van der Waals surface area contributed by atoms with Gasteiger partial charge in [0.05, 0.1) is 6.61 Å². The molecule has 4 nitrogen and oxygen atoms in total. The van der Waals surface area contributed by atoms with Crippen molar-refractivity contribution in [2.45, 2.75) is 45.2 Å². The van der Waals surface area contributed by atoms with E-state index in [9.17, 15) is 5.11 Å². The van der Waals surface area contributed by atoms with Crippen molar-refractivity contribution in [3.63, 3.8) is 0 Å². The monoisotopic (exact) mass is 257 g/mol. The highest BCUT2D eigenvalue weighted by atomic mass is 16.3. The summed E-state index contributed by atoms with van der Waals surface area (Å²) >= 11 is 0. The summed E-state index contributed by atoms with van der Waals surface area (Å²) < 4.78 is 0. The Labute approximate surface area is 112 Å². The van der Waals surface area contributed by atoms with Gasteiger partial charge in [0.25, 0.3) is 0 Å². The molecular formula is C14H31N3O. The van der Waals surface area contributed by atoms with Crippen LogP contribution in [0.25, 0.3) is 0 Å². The van der Waals surface area contributed by atoms with Crippen molar-refractivity contribution >= 4 is 0 Å². The molecule has 1 aliphatic rings. The summed E-state index contributed by atoms with van der Waals surface area (Å²) in [6, 6.07) is 0.548. The van der Waals surface area contributed by atoms with Gasteiger partial charge in [-0.3, -0.25) is 0 Å². The number of aliphatic hydroxyl groups excluding tert-OH is 1. The first-order chi connectivity index (χ1) is 8.56. The summed E-state index contributed by atoms with van der Waals surface area (Å²) in [5, 5.41) is 13.3. The predicted molar refractivity (Wildman–Crippen MR) is 76.9 cm³/mol. The number of hydrogen-bond acceptors (Lipinski definition) is 4. The number of aliphatic hydroxyl groups is 1. The predicted octanol–water partition coefficient (Wildman–Crippen LogP) is 0.763. The van der Waals surface area contributed by atoms with E-state index in [4.69, 9.17) is 0 Å². The lowest BCUT2D eigenvalue weighted by atomic mass is 9.84. The Hall–Kier alpha value is -0.160. The van der Waals surface area contributed by atoms with Gasteiger partial charge in [-0.2, -0.15) is 0 Å². The molecule has 2 N–H and O–H groups in total. The van der Waals surface area contributed by atoms with Gasteiger partial charge in [-0.05, 0) is 46.4 Å². The average molecular weight is 257 g/mol. The van der Waals surface area contributed by atoms with E-state index < -0.39 is 0 Å². The summed E-state index contributed by atoms with van der Waals surface area (Å²) in [5.74, 6) is 0. The molecule has 0 amide bonds. The number of rotatable bonds is 7. The van der Waals surface area contributed by atoms with Gasteiger partial charge in [0, 0.05) is 24.7 Å². The fourth-order valence-corrected chi connectivity index (χ4v) is 2.81. The third kappa shape index (κ3) is 4.19. The number of nitrogens with one attached hydrogen (secondary N) is 1. The van der Waals surface area contributed by atoms with Crippen molar-refractivity contribution in [2.24, 2.45) is 0 Å². The highest BCUT2D eigenvalue weighted by Crippen LogP contribution is 2.25. The summed E-state index contributed by atoms with van der Waals surface area (Å²) in [4.78, 5) is 4.79. The van der Waals surface area contributed by atoms with E-state index in [1.165, 1.54) is 0 Å². The van der Waals surface area contributed by atoms with Gasteiger partial charge in [0.1, 0.15) is 0 Å². The largest absolute Gasteiger partial charge is 0.394 e. The average Bonchev–Trinajstić information content (AvgIpc) is 2.39. The zero-order valence-electron chi connectivity index (χ0n) is 12.6. The SMILES string of the molecule is CCN(CC)CCNC1(CO)CCN(C)C(C)C1. The summed E-state index contributed by atoms with van der Waals surface area (Å²) in [6.07, 6.45) is 2.08. The van der Waals surface area contributed by atoms with E-state index in [0.29, 0.717) is 6.04 Å². The highest BCUT2D eigenvalue weighted by Gasteiger charge is 2.35.